The average Bonchev–Trinajstić information content (AvgIpc) is 2.54. The van der Waals surface area contributed by atoms with Gasteiger partial charge in [0.05, 0.1) is 5.69 Å². The van der Waals surface area contributed by atoms with Crippen molar-refractivity contribution in [2.75, 3.05) is 27.2 Å². The monoisotopic (exact) mass is 210 g/mol. The van der Waals surface area contributed by atoms with Crippen LogP contribution in [0.15, 0.2) is 6.20 Å². The molecule has 4 nitrogen and oxygen atoms in total. The van der Waals surface area contributed by atoms with Gasteiger partial charge in [0.1, 0.15) is 0 Å². The lowest BCUT2D eigenvalue weighted by molar-refractivity contribution is 0.400. The third-order valence-electron chi connectivity index (χ3n) is 2.42. The van der Waals surface area contributed by atoms with Crippen LogP contribution in [-0.2, 0) is 13.1 Å². The van der Waals surface area contributed by atoms with Gasteiger partial charge in [-0.25, -0.2) is 0 Å². The highest BCUT2D eigenvalue weighted by atomic mass is 15.3. The summed E-state index contributed by atoms with van der Waals surface area (Å²) in [4.78, 5) is 2.18. The molecule has 1 N–H and O–H groups in total. The Balaban J connectivity index is 2.33. The van der Waals surface area contributed by atoms with Crippen molar-refractivity contribution in [2.45, 2.75) is 26.9 Å². The van der Waals surface area contributed by atoms with E-state index >= 15 is 0 Å². The number of nitrogens with zero attached hydrogens (tertiary/aromatic N) is 3. The Hall–Kier alpha value is -0.870. The molecular weight excluding hydrogens is 188 g/mol. The first kappa shape index (κ1) is 12.2. The Morgan fingerprint density at radius 1 is 1.47 bits per heavy atom. The molecule has 0 saturated heterocycles. The highest BCUT2D eigenvalue weighted by molar-refractivity contribution is 5.14. The summed E-state index contributed by atoms with van der Waals surface area (Å²) in [6.45, 7) is 8.12. The number of hydrogen-bond donors (Lipinski definition) is 1. The van der Waals surface area contributed by atoms with E-state index < -0.39 is 0 Å². The second-order valence-corrected chi connectivity index (χ2v) is 4.08. The molecule has 0 atom stereocenters. The molecule has 1 rings (SSSR count). The van der Waals surface area contributed by atoms with E-state index in [9.17, 15) is 0 Å². The first-order valence-electron chi connectivity index (χ1n) is 5.52. The van der Waals surface area contributed by atoms with E-state index in [1.54, 1.807) is 0 Å². The predicted molar refractivity (Wildman–Crippen MR) is 62.9 cm³/mol. The van der Waals surface area contributed by atoms with E-state index in [1.165, 1.54) is 5.56 Å². The van der Waals surface area contributed by atoms with Gasteiger partial charge in [0.15, 0.2) is 0 Å². The number of rotatable bonds is 6. The average molecular weight is 210 g/mol. The maximum Gasteiger partial charge on any atom is 0.0638 e. The number of likely N-dealkylation sites (N-methyl/N-ethyl adjacent to an activating group) is 1. The SMILES string of the molecule is CCn1cc(CNCCN(C)C)c(C)n1. The molecule has 1 aromatic rings. The van der Waals surface area contributed by atoms with Gasteiger partial charge in [-0.2, -0.15) is 5.10 Å². The number of nitrogens with one attached hydrogen (secondary N) is 1. The van der Waals surface area contributed by atoms with Crippen molar-refractivity contribution in [3.05, 3.63) is 17.5 Å². The van der Waals surface area contributed by atoms with Crippen LogP contribution in [0.5, 0.6) is 0 Å². The summed E-state index contributed by atoms with van der Waals surface area (Å²) in [5, 5.41) is 7.83. The minimum Gasteiger partial charge on any atom is -0.311 e. The first-order chi connectivity index (χ1) is 7.13. The summed E-state index contributed by atoms with van der Waals surface area (Å²) in [7, 11) is 4.17. The molecule has 0 radical (unpaired) electrons. The molecule has 0 amide bonds. The van der Waals surface area contributed by atoms with Gasteiger partial charge >= 0.3 is 0 Å². The van der Waals surface area contributed by atoms with E-state index in [4.69, 9.17) is 0 Å². The van der Waals surface area contributed by atoms with Crippen molar-refractivity contribution in [1.82, 2.24) is 20.0 Å². The molecule has 0 aliphatic rings. The fourth-order valence-electron chi connectivity index (χ4n) is 1.42. The standard InChI is InChI=1S/C11H22N4/c1-5-15-9-11(10(2)13-15)8-12-6-7-14(3)4/h9,12H,5-8H2,1-4H3. The fraction of sp³-hybridized carbons (Fsp3) is 0.727. The van der Waals surface area contributed by atoms with Crippen molar-refractivity contribution in [1.29, 1.82) is 0 Å². The van der Waals surface area contributed by atoms with E-state index in [2.05, 4.69) is 49.5 Å². The van der Waals surface area contributed by atoms with Crippen LogP contribution in [0, 0.1) is 6.92 Å². The maximum atomic E-state index is 4.41. The summed E-state index contributed by atoms with van der Waals surface area (Å²) < 4.78 is 1.98. The molecular formula is C11H22N4. The highest BCUT2D eigenvalue weighted by Crippen LogP contribution is 2.04. The summed E-state index contributed by atoms with van der Waals surface area (Å²) >= 11 is 0. The van der Waals surface area contributed by atoms with E-state index in [1.807, 2.05) is 4.68 Å². The first-order valence-corrected chi connectivity index (χ1v) is 5.52. The Labute approximate surface area is 92.3 Å². The van der Waals surface area contributed by atoms with Crippen molar-refractivity contribution in [3.63, 3.8) is 0 Å². The quantitative estimate of drug-likeness (QED) is 0.707. The second kappa shape index (κ2) is 5.88. The molecule has 0 aromatic carbocycles. The van der Waals surface area contributed by atoms with Gasteiger partial charge in [-0.3, -0.25) is 4.68 Å². The normalized spacial score (nSPS) is 11.3. The van der Waals surface area contributed by atoms with Crippen LogP contribution in [0.25, 0.3) is 0 Å². The van der Waals surface area contributed by atoms with Gasteiger partial charge in [-0.05, 0) is 27.9 Å². The smallest absolute Gasteiger partial charge is 0.0638 e. The summed E-state index contributed by atoms with van der Waals surface area (Å²) in [6.07, 6.45) is 2.12. The van der Waals surface area contributed by atoms with Gasteiger partial charge in [0.2, 0.25) is 0 Å². The molecule has 86 valence electrons. The number of aryl methyl sites for hydroxylation is 2. The van der Waals surface area contributed by atoms with Crippen molar-refractivity contribution < 1.29 is 0 Å². The zero-order chi connectivity index (χ0) is 11.3. The van der Waals surface area contributed by atoms with Crippen molar-refractivity contribution in [2.24, 2.45) is 0 Å². The summed E-state index contributed by atoms with van der Waals surface area (Å²) in [6, 6.07) is 0. The molecule has 4 heteroatoms. The maximum absolute atomic E-state index is 4.41. The molecule has 1 aromatic heterocycles. The van der Waals surface area contributed by atoms with Crippen LogP contribution in [0.2, 0.25) is 0 Å². The zero-order valence-corrected chi connectivity index (χ0v) is 10.2. The van der Waals surface area contributed by atoms with E-state index in [0.717, 1.165) is 31.9 Å². The lowest BCUT2D eigenvalue weighted by Gasteiger charge is -2.09. The van der Waals surface area contributed by atoms with E-state index in [-0.39, 0.29) is 0 Å². The molecule has 1 heterocycles. The molecule has 0 unspecified atom stereocenters. The molecule has 0 saturated carbocycles. The number of aromatic nitrogens is 2. The lowest BCUT2D eigenvalue weighted by atomic mass is 10.2. The Morgan fingerprint density at radius 2 is 2.20 bits per heavy atom. The number of hydrogen-bond acceptors (Lipinski definition) is 3. The van der Waals surface area contributed by atoms with Gasteiger partial charge in [0.25, 0.3) is 0 Å². The van der Waals surface area contributed by atoms with Crippen LogP contribution in [0.3, 0.4) is 0 Å². The minimum absolute atomic E-state index is 0.916. The lowest BCUT2D eigenvalue weighted by Crippen LogP contribution is -2.26. The van der Waals surface area contributed by atoms with Gasteiger partial charge in [0, 0.05) is 37.9 Å². The van der Waals surface area contributed by atoms with Crippen LogP contribution in [0.1, 0.15) is 18.2 Å². The highest BCUT2D eigenvalue weighted by Gasteiger charge is 2.02. The second-order valence-electron chi connectivity index (χ2n) is 4.08. The molecule has 15 heavy (non-hydrogen) atoms. The van der Waals surface area contributed by atoms with Gasteiger partial charge < -0.3 is 10.2 Å². The molecule has 0 aliphatic carbocycles. The largest absolute Gasteiger partial charge is 0.311 e. The molecule has 0 aliphatic heterocycles. The third kappa shape index (κ3) is 4.01. The van der Waals surface area contributed by atoms with Crippen LogP contribution >= 0.6 is 0 Å². The molecule has 0 bridgehead atoms. The molecule has 0 spiro atoms. The fourth-order valence-corrected chi connectivity index (χ4v) is 1.42. The Kier molecular flexibility index (Phi) is 4.78. The van der Waals surface area contributed by atoms with Crippen molar-refractivity contribution >= 4 is 0 Å². The van der Waals surface area contributed by atoms with Crippen LogP contribution in [0.4, 0.5) is 0 Å². The molecule has 0 fully saturated rings. The topological polar surface area (TPSA) is 33.1 Å². The van der Waals surface area contributed by atoms with Crippen molar-refractivity contribution in [3.8, 4) is 0 Å². The van der Waals surface area contributed by atoms with Crippen LogP contribution in [-0.4, -0.2) is 41.9 Å². The van der Waals surface area contributed by atoms with E-state index in [0.29, 0.717) is 0 Å². The van der Waals surface area contributed by atoms with Crippen LogP contribution < -0.4 is 5.32 Å². The zero-order valence-electron chi connectivity index (χ0n) is 10.2. The summed E-state index contributed by atoms with van der Waals surface area (Å²) in [5.74, 6) is 0. The summed E-state index contributed by atoms with van der Waals surface area (Å²) in [5.41, 5.74) is 2.44. The van der Waals surface area contributed by atoms with Gasteiger partial charge in [-0.15, -0.1) is 0 Å². The Bertz CT molecular complexity index is 291. The minimum atomic E-state index is 0.916. The predicted octanol–water partition coefficient (Wildman–Crippen LogP) is 0.863. The van der Waals surface area contributed by atoms with Gasteiger partial charge in [-0.1, -0.05) is 0 Å². The third-order valence-corrected chi connectivity index (χ3v) is 2.42. The Morgan fingerprint density at radius 3 is 2.73 bits per heavy atom.